The lowest BCUT2D eigenvalue weighted by molar-refractivity contribution is -0.131. The van der Waals surface area contributed by atoms with Crippen molar-refractivity contribution >= 4 is 16.7 Å². The van der Waals surface area contributed by atoms with Gasteiger partial charge in [-0.3, -0.25) is 9.78 Å². The van der Waals surface area contributed by atoms with Crippen molar-refractivity contribution in [2.75, 3.05) is 19.7 Å². The minimum absolute atomic E-state index is 0.128. The summed E-state index contributed by atoms with van der Waals surface area (Å²) in [7, 11) is 0. The number of nitrogens with one attached hydrogen (secondary N) is 1. The highest BCUT2D eigenvalue weighted by atomic mass is 16.5. The van der Waals surface area contributed by atoms with E-state index in [0.717, 1.165) is 23.0 Å². The van der Waals surface area contributed by atoms with Crippen molar-refractivity contribution in [2.24, 2.45) is 0 Å². The third-order valence-electron chi connectivity index (χ3n) is 3.39. The molecule has 0 spiro atoms. The fourth-order valence-corrected chi connectivity index (χ4v) is 2.38. The first-order valence-electron chi connectivity index (χ1n) is 6.52. The molecule has 19 heavy (non-hydrogen) atoms. The number of nitrogens with zero attached hydrogens (tertiary/aromatic N) is 1. The van der Waals surface area contributed by atoms with E-state index in [-0.39, 0.29) is 11.9 Å². The third-order valence-corrected chi connectivity index (χ3v) is 3.39. The number of benzene rings is 1. The summed E-state index contributed by atoms with van der Waals surface area (Å²) in [6, 6.07) is 9.80. The fourth-order valence-electron chi connectivity index (χ4n) is 2.38. The molecule has 0 bridgehead atoms. The van der Waals surface area contributed by atoms with E-state index in [2.05, 4.69) is 10.3 Å². The van der Waals surface area contributed by atoms with Crippen molar-refractivity contribution in [2.45, 2.75) is 12.5 Å². The number of carbonyl (C=O) groups excluding carboxylic acids is 1. The van der Waals surface area contributed by atoms with Crippen LogP contribution in [0.15, 0.2) is 36.5 Å². The van der Waals surface area contributed by atoms with E-state index in [1.54, 1.807) is 6.20 Å². The average molecular weight is 256 g/mol. The molecule has 0 saturated carbocycles. The molecule has 1 saturated heterocycles. The van der Waals surface area contributed by atoms with E-state index in [4.69, 9.17) is 4.74 Å². The van der Waals surface area contributed by atoms with Gasteiger partial charge in [0.1, 0.15) is 6.10 Å². The van der Waals surface area contributed by atoms with Gasteiger partial charge in [0, 0.05) is 31.1 Å². The van der Waals surface area contributed by atoms with Gasteiger partial charge in [-0.1, -0.05) is 18.2 Å². The Kier molecular flexibility index (Phi) is 3.53. The molecule has 2 aromatic rings. The van der Waals surface area contributed by atoms with E-state index >= 15 is 0 Å². The summed E-state index contributed by atoms with van der Waals surface area (Å²) in [6.45, 7) is 2.04. The van der Waals surface area contributed by atoms with E-state index in [9.17, 15) is 4.79 Å². The molecule has 0 amide bonds. The van der Waals surface area contributed by atoms with E-state index in [1.807, 2.05) is 30.3 Å². The summed E-state index contributed by atoms with van der Waals surface area (Å²) in [6.07, 6.45) is 1.83. The Bertz CT molecular complexity index is 586. The first-order valence-corrected chi connectivity index (χ1v) is 6.52. The number of carbonyl (C=O) groups is 1. The van der Waals surface area contributed by atoms with Gasteiger partial charge in [-0.2, -0.15) is 0 Å². The molecule has 0 radical (unpaired) electrons. The minimum atomic E-state index is -0.319. The zero-order chi connectivity index (χ0) is 13.1. The Morgan fingerprint density at radius 1 is 1.37 bits per heavy atom. The molecular formula is C15H16N2O2. The van der Waals surface area contributed by atoms with Crippen molar-refractivity contribution < 1.29 is 9.53 Å². The Hall–Kier alpha value is -1.78. The van der Waals surface area contributed by atoms with E-state index in [1.165, 1.54) is 0 Å². The maximum atomic E-state index is 12.2. The highest BCUT2D eigenvalue weighted by Crippen LogP contribution is 2.17. The van der Waals surface area contributed by atoms with Crippen LogP contribution in [0.2, 0.25) is 0 Å². The molecule has 1 unspecified atom stereocenters. The Balaban J connectivity index is 1.82. The van der Waals surface area contributed by atoms with Gasteiger partial charge in [0.05, 0.1) is 12.1 Å². The predicted molar refractivity (Wildman–Crippen MR) is 73.1 cm³/mol. The molecule has 1 N–H and O–H groups in total. The maximum Gasteiger partial charge on any atom is 0.167 e. The number of rotatable bonds is 3. The number of pyridine rings is 1. The molecule has 1 aromatic heterocycles. The molecule has 2 heterocycles. The number of morpholine rings is 1. The second kappa shape index (κ2) is 5.47. The fraction of sp³-hybridized carbons (Fsp3) is 0.333. The van der Waals surface area contributed by atoms with Crippen LogP contribution >= 0.6 is 0 Å². The molecule has 0 aliphatic carbocycles. The van der Waals surface area contributed by atoms with Gasteiger partial charge in [-0.05, 0) is 17.7 Å². The van der Waals surface area contributed by atoms with Crippen molar-refractivity contribution in [3.8, 4) is 0 Å². The minimum Gasteiger partial charge on any atom is -0.368 e. The van der Waals surface area contributed by atoms with E-state index in [0.29, 0.717) is 19.6 Å². The van der Waals surface area contributed by atoms with Gasteiger partial charge >= 0.3 is 0 Å². The van der Waals surface area contributed by atoms with Crippen molar-refractivity contribution in [3.05, 3.63) is 42.1 Å². The smallest absolute Gasteiger partial charge is 0.167 e. The molecule has 98 valence electrons. The lowest BCUT2D eigenvalue weighted by Crippen LogP contribution is -2.43. The van der Waals surface area contributed by atoms with Crippen LogP contribution in [0, 0.1) is 0 Å². The van der Waals surface area contributed by atoms with Crippen LogP contribution in [-0.2, 0) is 16.0 Å². The lowest BCUT2D eigenvalue weighted by atomic mass is 10.0. The number of fused-ring (bicyclic) bond motifs is 1. The zero-order valence-corrected chi connectivity index (χ0v) is 10.6. The number of ether oxygens (including phenoxy) is 1. The van der Waals surface area contributed by atoms with Gasteiger partial charge in [0.15, 0.2) is 5.78 Å². The number of Topliss-reactive ketones (excluding diaryl/α,β-unsaturated/α-hetero) is 1. The summed E-state index contributed by atoms with van der Waals surface area (Å²) < 4.78 is 5.50. The van der Waals surface area contributed by atoms with Gasteiger partial charge in [0.2, 0.25) is 0 Å². The van der Waals surface area contributed by atoms with Crippen LogP contribution < -0.4 is 5.32 Å². The van der Waals surface area contributed by atoms with Crippen LogP contribution in [-0.4, -0.2) is 36.6 Å². The first-order chi connectivity index (χ1) is 9.34. The van der Waals surface area contributed by atoms with E-state index < -0.39 is 0 Å². The van der Waals surface area contributed by atoms with Gasteiger partial charge < -0.3 is 10.1 Å². The molecule has 1 aromatic carbocycles. The monoisotopic (exact) mass is 256 g/mol. The summed E-state index contributed by atoms with van der Waals surface area (Å²) in [5.41, 5.74) is 1.94. The number of aromatic nitrogens is 1. The second-order valence-electron chi connectivity index (χ2n) is 4.69. The standard InChI is InChI=1S/C15H16N2O2/c18-14(15-10-16-7-8-19-15)9-11-5-6-17-13-4-2-1-3-12(11)13/h1-6,15-16H,7-10H2. The average Bonchev–Trinajstić information content (AvgIpc) is 2.48. The molecule has 1 fully saturated rings. The third kappa shape index (κ3) is 2.64. The molecular weight excluding hydrogens is 240 g/mol. The summed E-state index contributed by atoms with van der Waals surface area (Å²) in [5, 5.41) is 4.22. The Morgan fingerprint density at radius 2 is 2.26 bits per heavy atom. The normalized spacial score (nSPS) is 19.5. The topological polar surface area (TPSA) is 51.2 Å². The van der Waals surface area contributed by atoms with Crippen LogP contribution in [0.5, 0.6) is 0 Å². The number of hydrogen-bond donors (Lipinski definition) is 1. The van der Waals surface area contributed by atoms with Gasteiger partial charge in [-0.15, -0.1) is 0 Å². The number of para-hydroxylation sites is 1. The highest BCUT2D eigenvalue weighted by molar-refractivity contribution is 5.91. The molecule has 1 aliphatic rings. The van der Waals surface area contributed by atoms with Crippen molar-refractivity contribution in [1.82, 2.24) is 10.3 Å². The van der Waals surface area contributed by atoms with Crippen LogP contribution in [0.1, 0.15) is 5.56 Å². The summed E-state index contributed by atoms with van der Waals surface area (Å²) in [5.74, 6) is 0.128. The summed E-state index contributed by atoms with van der Waals surface area (Å²) >= 11 is 0. The Labute approximate surface area is 111 Å². The van der Waals surface area contributed by atoms with Crippen molar-refractivity contribution in [3.63, 3.8) is 0 Å². The zero-order valence-electron chi connectivity index (χ0n) is 10.6. The molecule has 1 aliphatic heterocycles. The predicted octanol–water partition coefficient (Wildman–Crippen LogP) is 1.33. The SMILES string of the molecule is O=C(Cc1ccnc2ccccc12)C1CNCCO1. The van der Waals surface area contributed by atoms with Crippen LogP contribution in [0.4, 0.5) is 0 Å². The van der Waals surface area contributed by atoms with Crippen LogP contribution in [0.3, 0.4) is 0 Å². The highest BCUT2D eigenvalue weighted by Gasteiger charge is 2.22. The number of ketones is 1. The molecule has 1 atom stereocenters. The van der Waals surface area contributed by atoms with Gasteiger partial charge in [0.25, 0.3) is 0 Å². The molecule has 4 heteroatoms. The van der Waals surface area contributed by atoms with Crippen molar-refractivity contribution in [1.29, 1.82) is 0 Å². The number of hydrogen-bond acceptors (Lipinski definition) is 4. The summed E-state index contributed by atoms with van der Waals surface area (Å²) in [4.78, 5) is 16.5. The van der Waals surface area contributed by atoms with Gasteiger partial charge in [-0.25, -0.2) is 0 Å². The first kappa shape index (κ1) is 12.3. The lowest BCUT2D eigenvalue weighted by Gasteiger charge is -2.22. The second-order valence-corrected chi connectivity index (χ2v) is 4.69. The quantitative estimate of drug-likeness (QED) is 0.900. The molecule has 4 nitrogen and oxygen atoms in total. The largest absolute Gasteiger partial charge is 0.368 e. The van der Waals surface area contributed by atoms with Crippen LogP contribution in [0.25, 0.3) is 10.9 Å². The molecule has 3 rings (SSSR count). The Morgan fingerprint density at radius 3 is 3.11 bits per heavy atom. The maximum absolute atomic E-state index is 12.2.